The molecule has 0 saturated carbocycles. The van der Waals surface area contributed by atoms with Crippen LogP contribution in [-0.4, -0.2) is 6.61 Å². The minimum atomic E-state index is -0.265. The molecule has 0 atom stereocenters. The van der Waals surface area contributed by atoms with Gasteiger partial charge in [0.2, 0.25) is 0 Å². The molecule has 0 N–H and O–H groups in total. The van der Waals surface area contributed by atoms with Gasteiger partial charge in [-0.15, -0.1) is 0 Å². The summed E-state index contributed by atoms with van der Waals surface area (Å²) >= 11 is 0. The highest BCUT2D eigenvalue weighted by atomic mass is 19.1. The van der Waals surface area contributed by atoms with Crippen LogP contribution in [0.25, 0.3) is 0 Å². The molecule has 0 aliphatic rings. The molecule has 108 valence electrons. The molecule has 0 amide bonds. The minimum absolute atomic E-state index is 0.265. The molecular formula is C17H27FO. The maximum absolute atomic E-state index is 13.2. The lowest BCUT2D eigenvalue weighted by molar-refractivity contribution is 0.290. The molecule has 0 saturated heterocycles. The van der Waals surface area contributed by atoms with E-state index >= 15 is 0 Å². The molecule has 0 radical (unpaired) electrons. The van der Waals surface area contributed by atoms with Crippen LogP contribution in [0.4, 0.5) is 4.39 Å². The monoisotopic (exact) mass is 266 g/mol. The van der Waals surface area contributed by atoms with Crippen molar-refractivity contribution in [3.63, 3.8) is 0 Å². The Morgan fingerprint density at radius 1 is 0.842 bits per heavy atom. The first-order chi connectivity index (χ1) is 9.34. The Labute approximate surface area is 117 Å². The molecule has 0 bridgehead atoms. The Balaban J connectivity index is 1.90. The maximum Gasteiger partial charge on any atom is 0.165 e. The van der Waals surface area contributed by atoms with Crippen molar-refractivity contribution in [3.8, 4) is 5.75 Å². The SMILES string of the molecule is CCCCCCCCCCCOc1ccccc1F. The molecule has 0 fully saturated rings. The van der Waals surface area contributed by atoms with Crippen LogP contribution < -0.4 is 4.74 Å². The first kappa shape index (κ1) is 16.0. The Kier molecular flexibility index (Phi) is 9.13. The second-order valence-electron chi connectivity index (χ2n) is 5.11. The van der Waals surface area contributed by atoms with Crippen LogP contribution in [0.3, 0.4) is 0 Å². The van der Waals surface area contributed by atoms with E-state index in [2.05, 4.69) is 6.92 Å². The van der Waals surface area contributed by atoms with Gasteiger partial charge in [-0.2, -0.15) is 0 Å². The van der Waals surface area contributed by atoms with Crippen molar-refractivity contribution in [2.75, 3.05) is 6.61 Å². The van der Waals surface area contributed by atoms with E-state index in [1.165, 1.54) is 57.4 Å². The predicted molar refractivity (Wildman–Crippen MR) is 79.1 cm³/mol. The number of hydrogen-bond acceptors (Lipinski definition) is 1. The van der Waals surface area contributed by atoms with Crippen molar-refractivity contribution in [2.45, 2.75) is 64.7 Å². The number of unbranched alkanes of at least 4 members (excludes halogenated alkanes) is 8. The Morgan fingerprint density at radius 3 is 2.05 bits per heavy atom. The molecule has 0 unspecified atom stereocenters. The van der Waals surface area contributed by atoms with Gasteiger partial charge in [-0.05, 0) is 18.6 Å². The third-order valence-corrected chi connectivity index (χ3v) is 3.34. The zero-order chi connectivity index (χ0) is 13.8. The molecule has 0 spiro atoms. The summed E-state index contributed by atoms with van der Waals surface area (Å²) < 4.78 is 18.7. The van der Waals surface area contributed by atoms with Crippen molar-refractivity contribution < 1.29 is 9.13 Å². The van der Waals surface area contributed by atoms with Gasteiger partial charge in [0, 0.05) is 0 Å². The first-order valence-corrected chi connectivity index (χ1v) is 7.72. The highest BCUT2D eigenvalue weighted by Crippen LogP contribution is 2.16. The molecule has 1 aromatic rings. The smallest absolute Gasteiger partial charge is 0.165 e. The quantitative estimate of drug-likeness (QED) is 0.464. The van der Waals surface area contributed by atoms with Gasteiger partial charge >= 0.3 is 0 Å². The number of halogens is 1. The van der Waals surface area contributed by atoms with Crippen molar-refractivity contribution in [1.82, 2.24) is 0 Å². The Hall–Kier alpha value is -1.05. The number of hydrogen-bond donors (Lipinski definition) is 0. The summed E-state index contributed by atoms with van der Waals surface area (Å²) in [6.45, 7) is 2.87. The van der Waals surface area contributed by atoms with Crippen LogP contribution in [0.15, 0.2) is 24.3 Å². The van der Waals surface area contributed by atoms with Crippen LogP contribution in [0.1, 0.15) is 64.7 Å². The average molecular weight is 266 g/mol. The molecule has 2 heteroatoms. The van der Waals surface area contributed by atoms with E-state index in [1.807, 2.05) is 0 Å². The lowest BCUT2D eigenvalue weighted by atomic mass is 10.1. The molecule has 0 aromatic heterocycles. The highest BCUT2D eigenvalue weighted by molar-refractivity contribution is 5.23. The van der Waals surface area contributed by atoms with Gasteiger partial charge in [-0.25, -0.2) is 4.39 Å². The molecule has 1 nitrogen and oxygen atoms in total. The number of para-hydroxylation sites is 1. The van der Waals surface area contributed by atoms with Gasteiger partial charge in [-0.3, -0.25) is 0 Å². The third-order valence-electron chi connectivity index (χ3n) is 3.34. The molecule has 0 heterocycles. The fraction of sp³-hybridized carbons (Fsp3) is 0.647. The number of benzene rings is 1. The van der Waals surface area contributed by atoms with Gasteiger partial charge in [-0.1, -0.05) is 70.4 Å². The van der Waals surface area contributed by atoms with Crippen LogP contribution in [0.2, 0.25) is 0 Å². The second-order valence-corrected chi connectivity index (χ2v) is 5.11. The highest BCUT2D eigenvalue weighted by Gasteiger charge is 2.00. The van der Waals surface area contributed by atoms with Crippen molar-refractivity contribution in [3.05, 3.63) is 30.1 Å². The van der Waals surface area contributed by atoms with E-state index in [0.717, 1.165) is 6.42 Å². The third kappa shape index (κ3) is 7.86. The normalized spacial score (nSPS) is 10.6. The van der Waals surface area contributed by atoms with Crippen LogP contribution >= 0.6 is 0 Å². The molecule has 1 rings (SSSR count). The zero-order valence-corrected chi connectivity index (χ0v) is 12.2. The van der Waals surface area contributed by atoms with E-state index < -0.39 is 0 Å². The van der Waals surface area contributed by atoms with E-state index in [0.29, 0.717) is 12.4 Å². The molecular weight excluding hydrogens is 239 g/mol. The van der Waals surface area contributed by atoms with E-state index in [9.17, 15) is 4.39 Å². The van der Waals surface area contributed by atoms with Crippen molar-refractivity contribution in [1.29, 1.82) is 0 Å². The summed E-state index contributed by atoms with van der Waals surface area (Å²) in [6, 6.07) is 6.60. The van der Waals surface area contributed by atoms with Gasteiger partial charge in [0.25, 0.3) is 0 Å². The summed E-state index contributed by atoms with van der Waals surface area (Å²) in [4.78, 5) is 0. The van der Waals surface area contributed by atoms with Crippen molar-refractivity contribution >= 4 is 0 Å². The second kappa shape index (κ2) is 10.8. The Morgan fingerprint density at radius 2 is 1.42 bits per heavy atom. The van der Waals surface area contributed by atoms with E-state index in [1.54, 1.807) is 18.2 Å². The summed E-state index contributed by atoms with van der Waals surface area (Å²) in [5, 5.41) is 0. The fourth-order valence-electron chi connectivity index (χ4n) is 2.16. The average Bonchev–Trinajstić information content (AvgIpc) is 2.43. The fourth-order valence-corrected chi connectivity index (χ4v) is 2.16. The lowest BCUT2D eigenvalue weighted by Crippen LogP contribution is -1.98. The number of rotatable bonds is 11. The van der Waals surface area contributed by atoms with Gasteiger partial charge < -0.3 is 4.74 Å². The molecule has 0 aliphatic carbocycles. The summed E-state index contributed by atoms with van der Waals surface area (Å²) in [6.07, 6.45) is 11.6. The first-order valence-electron chi connectivity index (χ1n) is 7.72. The van der Waals surface area contributed by atoms with E-state index in [-0.39, 0.29) is 5.82 Å². The standard InChI is InChI=1S/C17H27FO/c1-2-3-4-5-6-7-8-9-12-15-19-17-14-11-10-13-16(17)18/h10-11,13-14H,2-9,12,15H2,1H3. The summed E-state index contributed by atoms with van der Waals surface area (Å²) in [5.74, 6) is 0.112. The zero-order valence-electron chi connectivity index (χ0n) is 12.2. The van der Waals surface area contributed by atoms with Crippen LogP contribution in [0, 0.1) is 5.82 Å². The molecule has 19 heavy (non-hydrogen) atoms. The maximum atomic E-state index is 13.2. The largest absolute Gasteiger partial charge is 0.491 e. The lowest BCUT2D eigenvalue weighted by Gasteiger charge is -2.06. The van der Waals surface area contributed by atoms with Gasteiger partial charge in [0.15, 0.2) is 11.6 Å². The number of ether oxygens (including phenoxy) is 1. The van der Waals surface area contributed by atoms with Gasteiger partial charge in [0.05, 0.1) is 6.61 Å². The summed E-state index contributed by atoms with van der Waals surface area (Å²) in [5.41, 5.74) is 0. The van der Waals surface area contributed by atoms with Gasteiger partial charge in [0.1, 0.15) is 0 Å². The Bertz CT molecular complexity index is 325. The van der Waals surface area contributed by atoms with Crippen LogP contribution in [-0.2, 0) is 0 Å². The van der Waals surface area contributed by atoms with Crippen molar-refractivity contribution in [2.24, 2.45) is 0 Å². The molecule has 0 aliphatic heterocycles. The summed E-state index contributed by atoms with van der Waals surface area (Å²) in [7, 11) is 0. The topological polar surface area (TPSA) is 9.23 Å². The minimum Gasteiger partial charge on any atom is -0.491 e. The van der Waals surface area contributed by atoms with E-state index in [4.69, 9.17) is 4.74 Å². The van der Waals surface area contributed by atoms with Crippen LogP contribution in [0.5, 0.6) is 5.75 Å². The predicted octanol–water partition coefficient (Wildman–Crippen LogP) is 5.74. The molecule has 1 aromatic carbocycles.